The van der Waals surface area contributed by atoms with E-state index in [1.54, 1.807) is 12.1 Å². The summed E-state index contributed by atoms with van der Waals surface area (Å²) in [6.45, 7) is 2.64. The van der Waals surface area contributed by atoms with Crippen LogP contribution in [0.3, 0.4) is 0 Å². The zero-order valence-corrected chi connectivity index (χ0v) is 15.3. The number of hydrogen-bond acceptors (Lipinski definition) is 4. The number of phenols is 1. The Labute approximate surface area is 158 Å². The van der Waals surface area contributed by atoms with Crippen LogP contribution in [0, 0.1) is 0 Å². The molecule has 0 spiro atoms. The Kier molecular flexibility index (Phi) is 6.01. The van der Waals surface area contributed by atoms with Gasteiger partial charge in [-0.1, -0.05) is 29.8 Å². The molecule has 0 aromatic heterocycles. The smallest absolute Gasteiger partial charge is 0.255 e. The minimum absolute atomic E-state index is 0.179. The molecular weight excluding hydrogens is 352 g/mol. The maximum atomic E-state index is 10.8. The molecule has 1 aliphatic rings. The first-order valence-electron chi connectivity index (χ1n) is 8.72. The highest BCUT2D eigenvalue weighted by Gasteiger charge is 2.21. The highest BCUT2D eigenvalue weighted by Crippen LogP contribution is 2.31. The van der Waals surface area contributed by atoms with Gasteiger partial charge in [0.1, 0.15) is 11.5 Å². The van der Waals surface area contributed by atoms with E-state index in [4.69, 9.17) is 22.1 Å². The van der Waals surface area contributed by atoms with Crippen LogP contribution in [0.2, 0.25) is 5.02 Å². The van der Waals surface area contributed by atoms with E-state index in [9.17, 15) is 9.90 Å². The Morgan fingerprint density at radius 2 is 2.00 bits per heavy atom. The standard InChI is InChI=1S/C20H23ClN2O3/c21-18-10-14(4-5-19(18)26-13-20(22)25)12-23-8-6-15(7-9-23)16-2-1-3-17(24)11-16/h1-5,10-11,15,24H,6-9,12-13H2,(H2,22,25). The second-order valence-corrected chi connectivity index (χ2v) is 7.07. The summed E-state index contributed by atoms with van der Waals surface area (Å²) in [7, 11) is 0. The van der Waals surface area contributed by atoms with E-state index in [0.717, 1.165) is 38.0 Å². The van der Waals surface area contributed by atoms with Crippen molar-refractivity contribution in [1.29, 1.82) is 0 Å². The lowest BCUT2D eigenvalue weighted by molar-refractivity contribution is -0.119. The number of primary amides is 1. The number of benzene rings is 2. The van der Waals surface area contributed by atoms with Gasteiger partial charge >= 0.3 is 0 Å². The monoisotopic (exact) mass is 374 g/mol. The Balaban J connectivity index is 1.54. The molecule has 2 aromatic carbocycles. The second kappa shape index (κ2) is 8.43. The summed E-state index contributed by atoms with van der Waals surface area (Å²) in [6, 6.07) is 13.2. The van der Waals surface area contributed by atoms with Gasteiger partial charge in [-0.3, -0.25) is 9.69 Å². The molecule has 0 bridgehead atoms. The van der Waals surface area contributed by atoms with Gasteiger partial charge in [-0.15, -0.1) is 0 Å². The van der Waals surface area contributed by atoms with Crippen LogP contribution in [-0.2, 0) is 11.3 Å². The van der Waals surface area contributed by atoms with Crippen LogP contribution in [0.4, 0.5) is 0 Å². The van der Waals surface area contributed by atoms with Gasteiger partial charge < -0.3 is 15.6 Å². The average molecular weight is 375 g/mol. The quantitative estimate of drug-likeness (QED) is 0.813. The number of piperidine rings is 1. The predicted octanol–water partition coefficient (Wildman–Crippen LogP) is 3.29. The molecule has 138 valence electrons. The number of hydrogen-bond donors (Lipinski definition) is 2. The number of halogens is 1. The SMILES string of the molecule is NC(=O)COc1ccc(CN2CCC(c3cccc(O)c3)CC2)cc1Cl. The molecule has 0 atom stereocenters. The van der Waals surface area contributed by atoms with E-state index in [1.165, 1.54) is 5.56 Å². The fourth-order valence-electron chi connectivity index (χ4n) is 3.37. The number of nitrogens with zero attached hydrogens (tertiary/aromatic N) is 1. The van der Waals surface area contributed by atoms with E-state index in [-0.39, 0.29) is 6.61 Å². The summed E-state index contributed by atoms with van der Waals surface area (Å²) < 4.78 is 5.28. The minimum Gasteiger partial charge on any atom is -0.508 e. The van der Waals surface area contributed by atoms with Gasteiger partial charge in [0, 0.05) is 6.54 Å². The highest BCUT2D eigenvalue weighted by atomic mass is 35.5. The molecule has 0 saturated carbocycles. The first-order chi connectivity index (χ1) is 12.5. The molecule has 1 heterocycles. The van der Waals surface area contributed by atoms with Crippen LogP contribution in [0.15, 0.2) is 42.5 Å². The fourth-order valence-corrected chi connectivity index (χ4v) is 3.63. The number of rotatable bonds is 6. The van der Waals surface area contributed by atoms with Crippen molar-refractivity contribution >= 4 is 17.5 Å². The summed E-state index contributed by atoms with van der Waals surface area (Å²) in [5.41, 5.74) is 7.40. The van der Waals surface area contributed by atoms with Crippen molar-refractivity contribution in [1.82, 2.24) is 4.90 Å². The highest BCUT2D eigenvalue weighted by molar-refractivity contribution is 6.32. The van der Waals surface area contributed by atoms with Crippen molar-refractivity contribution in [3.05, 3.63) is 58.6 Å². The Morgan fingerprint density at radius 1 is 1.23 bits per heavy atom. The van der Waals surface area contributed by atoms with E-state index < -0.39 is 5.91 Å². The van der Waals surface area contributed by atoms with Crippen molar-refractivity contribution in [3.8, 4) is 11.5 Å². The lowest BCUT2D eigenvalue weighted by Gasteiger charge is -2.32. The normalized spacial score (nSPS) is 15.7. The maximum Gasteiger partial charge on any atom is 0.255 e. The van der Waals surface area contributed by atoms with Crippen molar-refractivity contribution < 1.29 is 14.6 Å². The van der Waals surface area contributed by atoms with Crippen LogP contribution in [-0.4, -0.2) is 35.6 Å². The van der Waals surface area contributed by atoms with Gasteiger partial charge in [0.05, 0.1) is 5.02 Å². The number of likely N-dealkylation sites (tertiary alicyclic amines) is 1. The molecule has 0 aliphatic carbocycles. The molecule has 0 unspecified atom stereocenters. The zero-order chi connectivity index (χ0) is 18.5. The largest absolute Gasteiger partial charge is 0.508 e. The number of phenolic OH excluding ortho intramolecular Hbond substituents is 1. The molecule has 2 aromatic rings. The van der Waals surface area contributed by atoms with E-state index >= 15 is 0 Å². The van der Waals surface area contributed by atoms with Gasteiger partial charge in [-0.25, -0.2) is 0 Å². The molecule has 3 N–H and O–H groups in total. The maximum absolute atomic E-state index is 10.8. The molecule has 0 radical (unpaired) electrons. The summed E-state index contributed by atoms with van der Waals surface area (Å²) in [5.74, 6) is 0.765. The predicted molar refractivity (Wildman–Crippen MR) is 102 cm³/mol. The van der Waals surface area contributed by atoms with Gasteiger partial charge in [0.15, 0.2) is 6.61 Å². The number of ether oxygens (including phenoxy) is 1. The minimum atomic E-state index is -0.528. The lowest BCUT2D eigenvalue weighted by Crippen LogP contribution is -2.32. The summed E-state index contributed by atoms with van der Waals surface area (Å²) in [5, 5.41) is 10.1. The number of nitrogens with two attached hydrogens (primary N) is 1. The molecule has 26 heavy (non-hydrogen) atoms. The van der Waals surface area contributed by atoms with Crippen LogP contribution >= 0.6 is 11.6 Å². The number of aromatic hydroxyl groups is 1. The Bertz CT molecular complexity index is 773. The first-order valence-corrected chi connectivity index (χ1v) is 9.10. The van der Waals surface area contributed by atoms with Crippen molar-refractivity contribution in [2.45, 2.75) is 25.3 Å². The van der Waals surface area contributed by atoms with Gasteiger partial charge in [-0.05, 0) is 67.2 Å². The molecule has 1 aliphatic heterocycles. The van der Waals surface area contributed by atoms with Gasteiger partial charge in [0.2, 0.25) is 0 Å². The molecule has 1 amide bonds. The van der Waals surface area contributed by atoms with Crippen LogP contribution < -0.4 is 10.5 Å². The van der Waals surface area contributed by atoms with Crippen LogP contribution in [0.5, 0.6) is 11.5 Å². The summed E-state index contributed by atoms with van der Waals surface area (Å²) >= 11 is 6.23. The van der Waals surface area contributed by atoms with Gasteiger partial charge in [0.25, 0.3) is 5.91 Å². The molecule has 1 fully saturated rings. The summed E-state index contributed by atoms with van der Waals surface area (Å²) in [4.78, 5) is 13.2. The summed E-state index contributed by atoms with van der Waals surface area (Å²) in [6.07, 6.45) is 2.13. The fraction of sp³-hybridized carbons (Fsp3) is 0.350. The topological polar surface area (TPSA) is 75.8 Å². The first kappa shape index (κ1) is 18.5. The molecule has 3 rings (SSSR count). The van der Waals surface area contributed by atoms with E-state index in [1.807, 2.05) is 24.3 Å². The number of carbonyl (C=O) groups is 1. The molecule has 5 nitrogen and oxygen atoms in total. The van der Waals surface area contributed by atoms with Crippen molar-refractivity contribution in [2.75, 3.05) is 19.7 Å². The Morgan fingerprint density at radius 3 is 2.65 bits per heavy atom. The van der Waals surface area contributed by atoms with E-state index in [2.05, 4.69) is 11.0 Å². The third-order valence-electron chi connectivity index (χ3n) is 4.70. The number of amides is 1. The van der Waals surface area contributed by atoms with Crippen molar-refractivity contribution in [3.63, 3.8) is 0 Å². The van der Waals surface area contributed by atoms with Crippen LogP contribution in [0.25, 0.3) is 0 Å². The molecule has 1 saturated heterocycles. The van der Waals surface area contributed by atoms with Gasteiger partial charge in [-0.2, -0.15) is 0 Å². The average Bonchev–Trinajstić information content (AvgIpc) is 2.61. The van der Waals surface area contributed by atoms with E-state index in [0.29, 0.717) is 22.4 Å². The molecule has 6 heteroatoms. The van der Waals surface area contributed by atoms with Crippen LogP contribution in [0.1, 0.15) is 29.9 Å². The zero-order valence-electron chi connectivity index (χ0n) is 14.5. The third-order valence-corrected chi connectivity index (χ3v) is 5.00. The Hall–Kier alpha value is -2.24. The number of carbonyl (C=O) groups excluding carboxylic acids is 1. The second-order valence-electron chi connectivity index (χ2n) is 6.67. The lowest BCUT2D eigenvalue weighted by atomic mass is 9.89. The third kappa shape index (κ3) is 4.90. The molecular formula is C20H23ClN2O3. The van der Waals surface area contributed by atoms with Crippen molar-refractivity contribution in [2.24, 2.45) is 5.73 Å².